The molecule has 0 fully saturated rings. The Hall–Kier alpha value is -7.68. The molecule has 2 heteroatoms. The summed E-state index contributed by atoms with van der Waals surface area (Å²) >= 11 is 0. The third kappa shape index (κ3) is 5.31. The lowest BCUT2D eigenvalue weighted by Gasteiger charge is -2.36. The predicted octanol–water partition coefficient (Wildman–Crippen LogP) is 15.7. The standard InChI is InChI=1S/C61H44N2/c1-4-18-41(19-5-1)42-20-16-25-47(38-42)62-58-37-35-45(61(44-21-6-2-7-22-44)55-31-13-10-26-49(55)50-27-11-14-32-56(50)61)40-54(58)52-36-34-43(39-59(52)62)48-29-17-30-53-51-28-12-15-33-57(51)63(60(48)53)46-23-8-3-9-24-46/h1-6,8-18,20-21,23-41H,7,19,22H2. The maximum Gasteiger partial charge on any atom is 0.0676 e. The van der Waals surface area contributed by atoms with Gasteiger partial charge in [-0.3, -0.25) is 0 Å². The Morgan fingerprint density at radius 2 is 1.17 bits per heavy atom. The molecule has 8 aromatic carbocycles. The smallest absolute Gasteiger partial charge is 0.0676 e. The lowest BCUT2D eigenvalue weighted by Crippen LogP contribution is -2.30. The third-order valence-electron chi connectivity index (χ3n) is 14.2. The van der Waals surface area contributed by atoms with Gasteiger partial charge in [0.2, 0.25) is 0 Å². The Morgan fingerprint density at radius 3 is 1.98 bits per heavy atom. The van der Waals surface area contributed by atoms with Crippen LogP contribution in [-0.2, 0) is 5.41 Å². The van der Waals surface area contributed by atoms with Crippen LogP contribution in [-0.4, -0.2) is 9.13 Å². The molecule has 13 rings (SSSR count). The molecule has 1 atom stereocenters. The minimum Gasteiger partial charge on any atom is -0.309 e. The molecule has 0 radical (unpaired) electrons. The van der Waals surface area contributed by atoms with Crippen LogP contribution in [0.1, 0.15) is 47.4 Å². The van der Waals surface area contributed by atoms with Crippen molar-refractivity contribution < 1.29 is 0 Å². The van der Waals surface area contributed by atoms with E-state index in [2.05, 4.69) is 234 Å². The largest absolute Gasteiger partial charge is 0.309 e. The minimum atomic E-state index is -0.401. The summed E-state index contributed by atoms with van der Waals surface area (Å²) in [6.45, 7) is 0. The summed E-state index contributed by atoms with van der Waals surface area (Å²) in [6, 6.07) is 68.6. The van der Waals surface area contributed by atoms with Crippen LogP contribution in [0.2, 0.25) is 0 Å². The molecular weight excluding hydrogens is 761 g/mol. The van der Waals surface area contributed by atoms with E-state index >= 15 is 0 Å². The van der Waals surface area contributed by atoms with E-state index in [1.54, 1.807) is 0 Å². The normalized spacial score (nSPS) is 16.3. The molecule has 3 aliphatic carbocycles. The van der Waals surface area contributed by atoms with Crippen LogP contribution in [0.5, 0.6) is 0 Å². The van der Waals surface area contributed by atoms with E-state index in [9.17, 15) is 0 Å². The van der Waals surface area contributed by atoms with Gasteiger partial charge in [-0.1, -0.05) is 182 Å². The third-order valence-corrected chi connectivity index (χ3v) is 14.2. The zero-order valence-electron chi connectivity index (χ0n) is 35.0. The molecule has 298 valence electrons. The topological polar surface area (TPSA) is 9.86 Å². The number of fused-ring (bicyclic) bond motifs is 9. The van der Waals surface area contributed by atoms with Crippen molar-refractivity contribution >= 4 is 43.6 Å². The van der Waals surface area contributed by atoms with Crippen LogP contribution < -0.4 is 0 Å². The van der Waals surface area contributed by atoms with Crippen molar-refractivity contribution in [1.82, 2.24) is 9.13 Å². The molecule has 0 saturated carbocycles. The van der Waals surface area contributed by atoms with Crippen molar-refractivity contribution in [3.05, 3.63) is 252 Å². The summed E-state index contributed by atoms with van der Waals surface area (Å²) in [4.78, 5) is 0. The fourth-order valence-corrected chi connectivity index (χ4v) is 11.5. The number of benzene rings is 8. The Kier molecular flexibility index (Phi) is 8.11. The van der Waals surface area contributed by atoms with Gasteiger partial charge in [-0.25, -0.2) is 0 Å². The van der Waals surface area contributed by atoms with Gasteiger partial charge in [-0.2, -0.15) is 0 Å². The maximum atomic E-state index is 2.54. The highest BCUT2D eigenvalue weighted by molar-refractivity contribution is 6.15. The van der Waals surface area contributed by atoms with E-state index in [-0.39, 0.29) is 0 Å². The summed E-state index contributed by atoms with van der Waals surface area (Å²) in [6.07, 6.45) is 19.0. The van der Waals surface area contributed by atoms with Gasteiger partial charge in [0.1, 0.15) is 0 Å². The van der Waals surface area contributed by atoms with E-state index in [1.807, 2.05) is 0 Å². The summed E-state index contributed by atoms with van der Waals surface area (Å²) in [5.74, 6) is 0.350. The molecule has 0 N–H and O–H groups in total. The second kappa shape index (κ2) is 14.2. The Bertz CT molecular complexity index is 3560. The lowest BCUT2D eigenvalue weighted by molar-refractivity contribution is 0.694. The molecule has 2 aromatic heterocycles. The molecular formula is C61H44N2. The molecule has 0 saturated heterocycles. The van der Waals surface area contributed by atoms with E-state index in [0.717, 1.165) is 24.9 Å². The molecule has 2 nitrogen and oxygen atoms in total. The molecule has 10 aromatic rings. The highest BCUT2D eigenvalue weighted by atomic mass is 15.0. The van der Waals surface area contributed by atoms with Gasteiger partial charge in [-0.05, 0) is 107 Å². The molecule has 0 bridgehead atoms. The van der Waals surface area contributed by atoms with Crippen LogP contribution in [0, 0.1) is 0 Å². The highest BCUT2D eigenvalue weighted by Crippen LogP contribution is 2.58. The first-order valence-electron chi connectivity index (χ1n) is 22.4. The maximum absolute atomic E-state index is 2.54. The summed E-state index contributed by atoms with van der Waals surface area (Å²) in [5, 5.41) is 5.04. The number of rotatable bonds is 6. The lowest BCUT2D eigenvalue weighted by atomic mass is 9.65. The van der Waals surface area contributed by atoms with E-state index < -0.39 is 5.41 Å². The van der Waals surface area contributed by atoms with Crippen LogP contribution >= 0.6 is 0 Å². The van der Waals surface area contributed by atoms with Crippen LogP contribution in [0.25, 0.3) is 77.2 Å². The molecule has 1 unspecified atom stereocenters. The average molecular weight is 805 g/mol. The van der Waals surface area contributed by atoms with E-state index in [4.69, 9.17) is 0 Å². The second-order valence-electron chi connectivity index (χ2n) is 17.4. The number of allylic oxidation sites excluding steroid dienone is 8. The summed E-state index contributed by atoms with van der Waals surface area (Å²) in [7, 11) is 0. The quantitative estimate of drug-likeness (QED) is 0.158. The van der Waals surface area contributed by atoms with Gasteiger partial charge in [-0.15, -0.1) is 0 Å². The second-order valence-corrected chi connectivity index (χ2v) is 17.4. The van der Waals surface area contributed by atoms with Gasteiger partial charge < -0.3 is 9.13 Å². The zero-order chi connectivity index (χ0) is 41.5. The average Bonchev–Trinajstić information content (AvgIpc) is 3.99. The van der Waals surface area contributed by atoms with Gasteiger partial charge in [0, 0.05) is 44.4 Å². The van der Waals surface area contributed by atoms with Gasteiger partial charge in [0.05, 0.1) is 27.5 Å². The zero-order valence-corrected chi connectivity index (χ0v) is 35.0. The fraction of sp³-hybridized carbons (Fsp3) is 0.0820. The van der Waals surface area contributed by atoms with Crippen molar-refractivity contribution in [2.24, 2.45) is 0 Å². The van der Waals surface area contributed by atoms with Crippen LogP contribution in [0.4, 0.5) is 0 Å². The minimum absolute atomic E-state index is 0.350. The van der Waals surface area contributed by atoms with Crippen molar-refractivity contribution in [1.29, 1.82) is 0 Å². The number of para-hydroxylation sites is 3. The highest BCUT2D eigenvalue weighted by Gasteiger charge is 2.47. The number of aromatic nitrogens is 2. The first-order valence-corrected chi connectivity index (χ1v) is 22.4. The first-order chi connectivity index (χ1) is 31.3. The molecule has 0 spiro atoms. The Morgan fingerprint density at radius 1 is 0.460 bits per heavy atom. The molecule has 3 aliphatic rings. The number of hydrogen-bond acceptors (Lipinski definition) is 0. The van der Waals surface area contributed by atoms with Crippen LogP contribution in [0.15, 0.2) is 230 Å². The van der Waals surface area contributed by atoms with Crippen molar-refractivity contribution in [2.45, 2.75) is 30.6 Å². The van der Waals surface area contributed by atoms with Gasteiger partial charge in [0.25, 0.3) is 0 Å². The van der Waals surface area contributed by atoms with Crippen molar-refractivity contribution in [2.75, 3.05) is 0 Å². The van der Waals surface area contributed by atoms with Gasteiger partial charge >= 0.3 is 0 Å². The van der Waals surface area contributed by atoms with E-state index in [1.165, 1.54) is 99.4 Å². The molecule has 0 amide bonds. The fourth-order valence-electron chi connectivity index (χ4n) is 11.5. The Balaban J connectivity index is 1.10. The van der Waals surface area contributed by atoms with Crippen molar-refractivity contribution in [3.63, 3.8) is 0 Å². The first kappa shape index (κ1) is 36.0. The molecule has 2 heterocycles. The van der Waals surface area contributed by atoms with Crippen LogP contribution in [0.3, 0.4) is 0 Å². The monoisotopic (exact) mass is 804 g/mol. The predicted molar refractivity (Wildman–Crippen MR) is 264 cm³/mol. The van der Waals surface area contributed by atoms with Crippen molar-refractivity contribution in [3.8, 4) is 33.6 Å². The Labute approximate surface area is 367 Å². The summed E-state index contributed by atoms with van der Waals surface area (Å²) in [5.41, 5.74) is 18.8. The number of nitrogens with zero attached hydrogens (tertiary/aromatic N) is 2. The summed E-state index contributed by atoms with van der Waals surface area (Å²) < 4.78 is 4.98. The number of hydrogen-bond donors (Lipinski definition) is 0. The molecule has 63 heavy (non-hydrogen) atoms. The van der Waals surface area contributed by atoms with E-state index in [0.29, 0.717) is 5.92 Å². The SMILES string of the molecule is C1=CCCC(C2(c3ccc4c(c3)c3ccc(-c5cccc6c7ccccc7n(-c7ccccc7)c56)cc3n4-c3cccc(C4C=CC=CC4)c3)c3ccccc3-c3ccccc32)=C1. The van der Waals surface area contributed by atoms with Gasteiger partial charge in [0.15, 0.2) is 0 Å². The molecule has 0 aliphatic heterocycles.